The molecule has 0 spiro atoms. The number of hydrogen-bond acceptors (Lipinski definition) is 4. The minimum atomic E-state index is -1.32. The number of carbonyl (C=O) groups is 1. The number of thioether (sulfide) groups is 1. The number of esters is 1. The molecular formula is C11H13ClO3S. The Balaban J connectivity index is 2.97. The fourth-order valence-corrected chi connectivity index (χ4v) is 1.88. The quantitative estimate of drug-likeness (QED) is 0.668. The normalized spacial score (nSPS) is 12.2. The van der Waals surface area contributed by atoms with Crippen LogP contribution in [0.4, 0.5) is 0 Å². The number of carbonyl (C=O) groups excluding carboxylic acids is 1. The summed E-state index contributed by atoms with van der Waals surface area (Å²) < 4.78 is 4.73. The zero-order valence-electron chi connectivity index (χ0n) is 9.07. The summed E-state index contributed by atoms with van der Waals surface area (Å²) in [6.07, 6.45) is 0.587. The Hall–Kier alpha value is -0.710. The molecule has 0 heterocycles. The summed E-state index contributed by atoms with van der Waals surface area (Å²) in [6.45, 7) is 1.92. The van der Waals surface area contributed by atoms with Gasteiger partial charge >= 0.3 is 5.97 Å². The highest BCUT2D eigenvalue weighted by molar-refractivity contribution is 7.98. The molecule has 1 aromatic rings. The lowest BCUT2D eigenvalue weighted by molar-refractivity contribution is -0.153. The minimum Gasteiger partial charge on any atom is -0.464 e. The lowest BCUT2D eigenvalue weighted by Gasteiger charge is -2.12. The molecule has 3 nitrogen and oxygen atoms in total. The maximum absolute atomic E-state index is 11.4. The number of aliphatic hydroxyl groups excluding tert-OH is 1. The van der Waals surface area contributed by atoms with E-state index in [1.807, 2.05) is 12.3 Å². The Bertz CT molecular complexity index is 381. The second kappa shape index (κ2) is 6.13. The fourth-order valence-electron chi connectivity index (χ4n) is 1.21. The van der Waals surface area contributed by atoms with Crippen molar-refractivity contribution in [3.05, 3.63) is 28.8 Å². The molecule has 0 aromatic heterocycles. The first-order chi connectivity index (χ1) is 7.60. The molecule has 1 atom stereocenters. The van der Waals surface area contributed by atoms with E-state index in [1.54, 1.807) is 19.1 Å². The monoisotopic (exact) mass is 260 g/mol. The lowest BCUT2D eigenvalue weighted by atomic mass is 10.1. The van der Waals surface area contributed by atoms with Gasteiger partial charge in [0.1, 0.15) is 0 Å². The second-order valence-corrected chi connectivity index (χ2v) is 4.33. The van der Waals surface area contributed by atoms with E-state index in [2.05, 4.69) is 0 Å². The molecule has 0 aliphatic heterocycles. The van der Waals surface area contributed by atoms with Gasteiger partial charge in [-0.2, -0.15) is 0 Å². The summed E-state index contributed by atoms with van der Waals surface area (Å²) >= 11 is 7.43. The SMILES string of the molecule is CCOC(=O)C(O)c1cc(SC)ccc1Cl. The third kappa shape index (κ3) is 3.14. The summed E-state index contributed by atoms with van der Waals surface area (Å²) in [5.74, 6) is -0.678. The van der Waals surface area contributed by atoms with Crippen LogP contribution < -0.4 is 0 Å². The van der Waals surface area contributed by atoms with Crippen LogP contribution in [0, 0.1) is 0 Å². The molecule has 0 bridgehead atoms. The van der Waals surface area contributed by atoms with Crippen molar-refractivity contribution in [2.45, 2.75) is 17.9 Å². The van der Waals surface area contributed by atoms with Crippen LogP contribution in [-0.2, 0) is 9.53 Å². The van der Waals surface area contributed by atoms with Crippen LogP contribution in [0.2, 0.25) is 5.02 Å². The molecule has 0 radical (unpaired) electrons. The molecule has 0 fully saturated rings. The van der Waals surface area contributed by atoms with Crippen LogP contribution in [0.25, 0.3) is 0 Å². The maximum Gasteiger partial charge on any atom is 0.339 e. The second-order valence-electron chi connectivity index (χ2n) is 3.04. The first kappa shape index (κ1) is 13.4. The van der Waals surface area contributed by atoms with E-state index in [9.17, 15) is 9.90 Å². The van der Waals surface area contributed by atoms with Crippen LogP contribution in [-0.4, -0.2) is 23.9 Å². The number of ether oxygens (including phenoxy) is 1. The van der Waals surface area contributed by atoms with E-state index < -0.39 is 12.1 Å². The van der Waals surface area contributed by atoms with Crippen LogP contribution >= 0.6 is 23.4 Å². The standard InChI is InChI=1S/C11H13ClO3S/c1-3-15-11(14)10(13)8-6-7(16-2)4-5-9(8)12/h4-6,10,13H,3H2,1-2H3. The Morgan fingerprint density at radius 3 is 2.88 bits per heavy atom. The first-order valence-electron chi connectivity index (χ1n) is 4.78. The van der Waals surface area contributed by atoms with E-state index in [0.29, 0.717) is 10.6 Å². The molecule has 0 saturated carbocycles. The van der Waals surface area contributed by atoms with E-state index in [0.717, 1.165) is 4.90 Å². The van der Waals surface area contributed by atoms with Crippen molar-refractivity contribution < 1.29 is 14.6 Å². The summed E-state index contributed by atoms with van der Waals surface area (Å²) in [5, 5.41) is 10.1. The van der Waals surface area contributed by atoms with Gasteiger partial charge in [-0.1, -0.05) is 11.6 Å². The number of halogens is 1. The average molecular weight is 261 g/mol. The van der Waals surface area contributed by atoms with Crippen molar-refractivity contribution in [2.75, 3.05) is 12.9 Å². The number of rotatable bonds is 4. The molecule has 1 rings (SSSR count). The predicted octanol–water partition coefficient (Wildman–Crippen LogP) is 2.66. The van der Waals surface area contributed by atoms with Gasteiger partial charge < -0.3 is 9.84 Å². The van der Waals surface area contributed by atoms with Gasteiger partial charge in [0.25, 0.3) is 0 Å². The topological polar surface area (TPSA) is 46.5 Å². The third-order valence-electron chi connectivity index (χ3n) is 2.01. The molecule has 1 N–H and O–H groups in total. The molecule has 16 heavy (non-hydrogen) atoms. The molecule has 1 unspecified atom stereocenters. The zero-order valence-corrected chi connectivity index (χ0v) is 10.6. The molecule has 88 valence electrons. The highest BCUT2D eigenvalue weighted by atomic mass is 35.5. The van der Waals surface area contributed by atoms with Gasteiger partial charge in [0.2, 0.25) is 0 Å². The Kier molecular flexibility index (Phi) is 5.12. The van der Waals surface area contributed by atoms with Crippen molar-refractivity contribution in [3.63, 3.8) is 0 Å². The maximum atomic E-state index is 11.4. The first-order valence-corrected chi connectivity index (χ1v) is 6.38. The van der Waals surface area contributed by atoms with Gasteiger partial charge in [-0.25, -0.2) is 4.79 Å². The predicted molar refractivity (Wildman–Crippen MR) is 64.8 cm³/mol. The van der Waals surface area contributed by atoms with Gasteiger partial charge in [-0.05, 0) is 31.4 Å². The van der Waals surface area contributed by atoms with Crippen molar-refractivity contribution in [1.82, 2.24) is 0 Å². The fraction of sp³-hybridized carbons (Fsp3) is 0.364. The molecule has 0 amide bonds. The molecule has 1 aromatic carbocycles. The van der Waals surface area contributed by atoms with E-state index >= 15 is 0 Å². The smallest absolute Gasteiger partial charge is 0.339 e. The molecule has 5 heteroatoms. The van der Waals surface area contributed by atoms with Crippen LogP contribution in [0.1, 0.15) is 18.6 Å². The number of benzene rings is 1. The largest absolute Gasteiger partial charge is 0.464 e. The van der Waals surface area contributed by atoms with Gasteiger partial charge in [0.05, 0.1) is 6.61 Å². The van der Waals surface area contributed by atoms with E-state index in [1.165, 1.54) is 11.8 Å². The van der Waals surface area contributed by atoms with Crippen molar-refractivity contribution in [3.8, 4) is 0 Å². The Morgan fingerprint density at radius 1 is 1.62 bits per heavy atom. The summed E-state index contributed by atoms with van der Waals surface area (Å²) in [6, 6.07) is 5.17. The van der Waals surface area contributed by atoms with Crippen molar-refractivity contribution in [2.24, 2.45) is 0 Å². The Labute approximate surface area is 104 Å². The summed E-state index contributed by atoms with van der Waals surface area (Å²) in [7, 11) is 0. The molecule has 0 aliphatic rings. The highest BCUT2D eigenvalue weighted by Gasteiger charge is 2.21. The molecular weight excluding hydrogens is 248 g/mol. The Morgan fingerprint density at radius 2 is 2.31 bits per heavy atom. The number of hydrogen-bond donors (Lipinski definition) is 1. The van der Waals surface area contributed by atoms with E-state index in [-0.39, 0.29) is 6.61 Å². The minimum absolute atomic E-state index is 0.232. The van der Waals surface area contributed by atoms with Gasteiger partial charge in [0.15, 0.2) is 6.10 Å². The third-order valence-corrected chi connectivity index (χ3v) is 3.08. The lowest BCUT2D eigenvalue weighted by Crippen LogP contribution is -2.15. The number of aliphatic hydroxyl groups is 1. The van der Waals surface area contributed by atoms with Crippen LogP contribution in [0.3, 0.4) is 0 Å². The van der Waals surface area contributed by atoms with Gasteiger partial charge in [-0.15, -0.1) is 11.8 Å². The van der Waals surface area contributed by atoms with Crippen molar-refractivity contribution >= 4 is 29.3 Å². The molecule has 0 aliphatic carbocycles. The average Bonchev–Trinajstić information content (AvgIpc) is 2.29. The van der Waals surface area contributed by atoms with Crippen molar-refractivity contribution in [1.29, 1.82) is 0 Å². The van der Waals surface area contributed by atoms with Gasteiger partial charge in [0, 0.05) is 15.5 Å². The molecule has 0 saturated heterocycles. The highest BCUT2D eigenvalue weighted by Crippen LogP contribution is 2.28. The van der Waals surface area contributed by atoms with E-state index in [4.69, 9.17) is 16.3 Å². The van der Waals surface area contributed by atoms with Crippen LogP contribution in [0.15, 0.2) is 23.1 Å². The zero-order chi connectivity index (χ0) is 12.1. The summed E-state index contributed by atoms with van der Waals surface area (Å²) in [5.41, 5.74) is 0.381. The summed E-state index contributed by atoms with van der Waals surface area (Å²) in [4.78, 5) is 12.3. The van der Waals surface area contributed by atoms with Gasteiger partial charge in [-0.3, -0.25) is 0 Å². The van der Waals surface area contributed by atoms with Crippen LogP contribution in [0.5, 0.6) is 0 Å².